The molecule has 0 saturated carbocycles. The van der Waals surface area contributed by atoms with Crippen LogP contribution < -0.4 is 21.4 Å². The van der Waals surface area contributed by atoms with Crippen LogP contribution in [0, 0.1) is 0 Å². The monoisotopic (exact) mass is 739 g/mol. The Kier molecular flexibility index (Phi) is 8.42. The molecule has 9 heteroatoms. The Bertz CT molecular complexity index is 2470. The van der Waals surface area contributed by atoms with E-state index in [2.05, 4.69) is 68.5 Å². The van der Waals surface area contributed by atoms with Crippen LogP contribution in [0.15, 0.2) is 146 Å². The molecule has 0 unspecified atom stereocenters. The van der Waals surface area contributed by atoms with E-state index in [-0.39, 0.29) is 39.8 Å². The van der Waals surface area contributed by atoms with Gasteiger partial charge in [0.15, 0.2) is 0 Å². The Morgan fingerprint density at radius 2 is 0.453 bits per heavy atom. The molecule has 0 aliphatic carbocycles. The van der Waals surface area contributed by atoms with Crippen LogP contribution in [-0.2, 0) is 16.8 Å². The van der Waals surface area contributed by atoms with Gasteiger partial charge in [-0.15, -0.1) is 0 Å². The first-order valence-corrected chi connectivity index (χ1v) is 16.8. The van der Waals surface area contributed by atoms with E-state index in [0.717, 1.165) is 88.7 Å². The number of phenols is 4. The molecule has 9 rings (SSSR count). The molecule has 0 saturated heterocycles. The van der Waals surface area contributed by atoms with Gasteiger partial charge in [-0.25, -0.2) is 0 Å². The Balaban J connectivity index is 0.00000400. The van der Waals surface area contributed by atoms with Crippen molar-refractivity contribution >= 4 is 22.3 Å². The van der Waals surface area contributed by atoms with E-state index < -0.39 is 0 Å². The van der Waals surface area contributed by atoms with Crippen molar-refractivity contribution in [1.29, 1.82) is 0 Å². The molecule has 8 aromatic rings. The zero-order valence-corrected chi connectivity index (χ0v) is 29.0. The van der Waals surface area contributed by atoms with Crippen LogP contribution in [0.1, 0.15) is 45.0 Å². The fraction of sp³-hybridized carbons (Fsp3) is 0. The SMILES string of the molecule is Oc1ccc(C2=c3ccc([nH]3)=C(c3ccc(O)cc3)c3ccc([nH]3)C(c3ccc(O)cc3)=c3ccc([nH]3)=C(c3ccc(O)cc3)c3ccc2[nH]3)cc1.[Co]. The van der Waals surface area contributed by atoms with E-state index in [1.807, 2.05) is 48.5 Å². The van der Waals surface area contributed by atoms with Gasteiger partial charge in [-0.3, -0.25) is 0 Å². The molecule has 1 radical (unpaired) electrons. The van der Waals surface area contributed by atoms with Crippen LogP contribution in [-0.4, -0.2) is 40.4 Å². The minimum atomic E-state index is 0. The molecule has 8 bridgehead atoms. The zero-order valence-electron chi connectivity index (χ0n) is 28.0. The third-order valence-corrected chi connectivity index (χ3v) is 9.52. The molecular weight excluding hydrogens is 707 g/mol. The van der Waals surface area contributed by atoms with Crippen LogP contribution in [0.4, 0.5) is 0 Å². The number of rotatable bonds is 4. The third-order valence-electron chi connectivity index (χ3n) is 9.52. The smallest absolute Gasteiger partial charge is 0.115 e. The number of nitrogens with one attached hydrogen (secondary N) is 4. The maximum Gasteiger partial charge on any atom is 0.115 e. The van der Waals surface area contributed by atoms with E-state index in [4.69, 9.17) is 0 Å². The number of fused-ring (bicyclic) bond motifs is 8. The van der Waals surface area contributed by atoms with Crippen molar-refractivity contribution < 1.29 is 37.2 Å². The fourth-order valence-corrected chi connectivity index (χ4v) is 7.08. The van der Waals surface area contributed by atoms with Gasteiger partial charge in [0.25, 0.3) is 0 Å². The summed E-state index contributed by atoms with van der Waals surface area (Å²) in [7, 11) is 0. The largest absolute Gasteiger partial charge is 0.508 e. The Hall–Kier alpha value is -6.81. The van der Waals surface area contributed by atoms with Crippen LogP contribution in [0.3, 0.4) is 0 Å². The summed E-state index contributed by atoms with van der Waals surface area (Å²) in [5.41, 5.74) is 10.6. The summed E-state index contributed by atoms with van der Waals surface area (Å²) in [6.07, 6.45) is 0. The molecule has 4 aromatic carbocycles. The topological polar surface area (TPSA) is 144 Å². The summed E-state index contributed by atoms with van der Waals surface area (Å²) in [5.74, 6) is 0.709. The van der Waals surface area contributed by atoms with Crippen LogP contribution in [0.5, 0.6) is 23.0 Å². The van der Waals surface area contributed by atoms with E-state index in [1.54, 1.807) is 48.5 Å². The molecule has 1 aliphatic heterocycles. The second-order valence-electron chi connectivity index (χ2n) is 12.8. The molecule has 1 aliphatic rings. The first-order valence-electron chi connectivity index (χ1n) is 16.8. The van der Waals surface area contributed by atoms with Crippen molar-refractivity contribution in [3.8, 4) is 23.0 Å². The summed E-state index contributed by atoms with van der Waals surface area (Å²) in [4.78, 5) is 14.8. The van der Waals surface area contributed by atoms with Gasteiger partial charge in [0.05, 0.1) is 0 Å². The normalized spacial score (nSPS) is 12.5. The molecule has 8 nitrogen and oxygen atoms in total. The summed E-state index contributed by atoms with van der Waals surface area (Å²) >= 11 is 0. The van der Waals surface area contributed by atoms with Crippen LogP contribution in [0.2, 0.25) is 0 Å². The molecule has 0 spiro atoms. The minimum absolute atomic E-state index is 0. The molecular formula is C44H32CoN4O4. The van der Waals surface area contributed by atoms with E-state index in [1.165, 1.54) is 0 Å². The molecule has 261 valence electrons. The Labute approximate surface area is 313 Å². The van der Waals surface area contributed by atoms with Crippen molar-refractivity contribution in [2.45, 2.75) is 0 Å². The number of hydrogen-bond acceptors (Lipinski definition) is 4. The molecule has 0 amide bonds. The summed E-state index contributed by atoms with van der Waals surface area (Å²) in [5, 5.41) is 44.1. The molecule has 53 heavy (non-hydrogen) atoms. The Morgan fingerprint density at radius 3 is 0.660 bits per heavy atom. The fourth-order valence-electron chi connectivity index (χ4n) is 7.08. The van der Waals surface area contributed by atoms with Gasteiger partial charge >= 0.3 is 0 Å². The van der Waals surface area contributed by atoms with Crippen molar-refractivity contribution in [2.24, 2.45) is 0 Å². The Morgan fingerprint density at radius 1 is 0.245 bits per heavy atom. The van der Waals surface area contributed by atoms with Crippen molar-refractivity contribution in [3.63, 3.8) is 0 Å². The minimum Gasteiger partial charge on any atom is -0.508 e. The summed E-state index contributed by atoms with van der Waals surface area (Å²) < 4.78 is 0. The first kappa shape index (κ1) is 33.3. The average molecular weight is 740 g/mol. The number of aromatic amines is 4. The van der Waals surface area contributed by atoms with Gasteiger partial charge < -0.3 is 40.4 Å². The van der Waals surface area contributed by atoms with Crippen molar-refractivity contribution in [1.82, 2.24) is 19.9 Å². The van der Waals surface area contributed by atoms with E-state index >= 15 is 0 Å². The number of aromatic nitrogens is 4. The van der Waals surface area contributed by atoms with Gasteiger partial charge in [0.1, 0.15) is 23.0 Å². The number of benzene rings is 4. The van der Waals surface area contributed by atoms with Crippen LogP contribution >= 0.6 is 0 Å². The van der Waals surface area contributed by atoms with Crippen molar-refractivity contribution in [3.05, 3.63) is 212 Å². The second-order valence-corrected chi connectivity index (χ2v) is 12.8. The summed E-state index contributed by atoms with van der Waals surface area (Å²) in [6, 6.07) is 45.0. The third kappa shape index (κ3) is 6.14. The van der Waals surface area contributed by atoms with Crippen LogP contribution in [0.25, 0.3) is 22.3 Å². The number of phenolic OH excluding ortho intramolecular Hbond substituents is 4. The number of H-pyrrole nitrogens is 4. The summed E-state index contributed by atoms with van der Waals surface area (Å²) in [6.45, 7) is 0. The van der Waals surface area contributed by atoms with Gasteiger partial charge in [0.2, 0.25) is 0 Å². The molecule has 5 heterocycles. The quantitative estimate of drug-likeness (QED) is 0.127. The molecule has 0 atom stereocenters. The molecule has 0 fully saturated rings. The molecule has 4 aromatic heterocycles. The maximum absolute atomic E-state index is 10.2. The predicted molar refractivity (Wildman–Crippen MR) is 201 cm³/mol. The van der Waals surface area contributed by atoms with Crippen molar-refractivity contribution in [2.75, 3.05) is 0 Å². The predicted octanol–water partition coefficient (Wildman–Crippen LogP) is 5.12. The number of hydrogen-bond donors (Lipinski definition) is 8. The van der Waals surface area contributed by atoms with Gasteiger partial charge in [-0.1, -0.05) is 48.5 Å². The van der Waals surface area contributed by atoms with Gasteiger partial charge in [0, 0.05) is 83.2 Å². The van der Waals surface area contributed by atoms with E-state index in [9.17, 15) is 20.4 Å². The maximum atomic E-state index is 10.2. The van der Waals surface area contributed by atoms with Gasteiger partial charge in [-0.05, 0) is 119 Å². The van der Waals surface area contributed by atoms with Gasteiger partial charge in [-0.2, -0.15) is 0 Å². The zero-order chi connectivity index (χ0) is 35.3. The first-order chi connectivity index (χ1) is 25.4. The molecule has 8 N–H and O–H groups in total. The standard InChI is InChI=1S/C44H32N4O4.Co/c49-29-9-1-25(2-10-29)41-33-17-19-35(45-33)42(26-3-11-30(50)12-4-26)37-21-23-39(47-37)44(28-7-15-32(52)16-8-28)40-24-22-38(48-40)43(36-20-18-34(41)46-36)27-5-13-31(51)14-6-27;/h1-24,45-52H;. The van der Waals surface area contributed by atoms with E-state index in [0.29, 0.717) is 0 Å². The average Bonchev–Trinajstić information content (AvgIpc) is 3.99. The second kappa shape index (κ2) is 13.4. The number of aromatic hydroxyl groups is 4.